The van der Waals surface area contributed by atoms with E-state index in [1.165, 1.54) is 0 Å². The van der Waals surface area contributed by atoms with E-state index in [1.54, 1.807) is 25.1 Å². The average Bonchev–Trinajstić information content (AvgIpc) is 2.17. The van der Waals surface area contributed by atoms with Crippen molar-refractivity contribution in [3.8, 4) is 0 Å². The molecule has 0 heterocycles. The second kappa shape index (κ2) is 5.49. The molecule has 0 saturated heterocycles. The number of amides is 1. The van der Waals surface area contributed by atoms with E-state index in [9.17, 15) is 4.79 Å². The smallest absolute Gasteiger partial charge is 0.252 e. The van der Waals surface area contributed by atoms with Gasteiger partial charge in [-0.05, 0) is 41.1 Å². The summed E-state index contributed by atoms with van der Waals surface area (Å²) in [6, 6.07) is 4.66. The predicted molar refractivity (Wildman–Crippen MR) is 63.2 cm³/mol. The first kappa shape index (κ1) is 12.5. The highest BCUT2D eigenvalue weighted by atomic mass is 79.9. The summed E-state index contributed by atoms with van der Waals surface area (Å²) >= 11 is 9.00. The Morgan fingerprint density at radius 2 is 2.33 bits per heavy atom. The van der Waals surface area contributed by atoms with Gasteiger partial charge in [0.15, 0.2) is 0 Å². The van der Waals surface area contributed by atoms with Gasteiger partial charge < -0.3 is 10.4 Å². The van der Waals surface area contributed by atoms with Crippen molar-refractivity contribution >= 4 is 33.4 Å². The van der Waals surface area contributed by atoms with E-state index >= 15 is 0 Å². The Hall–Kier alpha value is -0.580. The fraction of sp³-hybridized carbons (Fsp3) is 0.300. The normalized spacial score (nSPS) is 12.3. The molecule has 5 heteroatoms. The van der Waals surface area contributed by atoms with Crippen LogP contribution in [0, 0.1) is 0 Å². The number of carbonyl (C=O) groups excluding carboxylic acids is 1. The quantitative estimate of drug-likeness (QED) is 0.897. The zero-order chi connectivity index (χ0) is 11.4. The summed E-state index contributed by atoms with van der Waals surface area (Å²) in [5, 5.41) is 12.0. The number of benzene rings is 1. The van der Waals surface area contributed by atoms with Crippen LogP contribution < -0.4 is 5.32 Å². The molecule has 0 aliphatic carbocycles. The summed E-state index contributed by atoms with van der Waals surface area (Å²) in [7, 11) is 0. The molecular weight excluding hydrogens is 281 g/mol. The van der Waals surface area contributed by atoms with Gasteiger partial charge in [-0.15, -0.1) is 0 Å². The number of rotatable bonds is 3. The molecule has 1 atom stereocenters. The van der Waals surface area contributed by atoms with Gasteiger partial charge in [-0.1, -0.05) is 11.6 Å². The molecule has 15 heavy (non-hydrogen) atoms. The van der Waals surface area contributed by atoms with Gasteiger partial charge in [0.05, 0.1) is 12.2 Å². The Morgan fingerprint density at radius 1 is 1.67 bits per heavy atom. The van der Waals surface area contributed by atoms with E-state index in [0.29, 0.717) is 15.1 Å². The highest BCUT2D eigenvalue weighted by Crippen LogP contribution is 2.21. The largest absolute Gasteiger partial charge is 0.394 e. The minimum atomic E-state index is -0.264. The SMILES string of the molecule is CC(CO)NC(=O)c1ccc(Cl)cc1Br. The molecule has 1 amide bonds. The second-order valence-electron chi connectivity index (χ2n) is 3.18. The fourth-order valence-corrected chi connectivity index (χ4v) is 1.88. The third kappa shape index (κ3) is 3.48. The summed E-state index contributed by atoms with van der Waals surface area (Å²) in [6.07, 6.45) is 0. The van der Waals surface area contributed by atoms with Crippen LogP contribution in [-0.4, -0.2) is 23.7 Å². The molecule has 1 rings (SSSR count). The van der Waals surface area contributed by atoms with Crippen LogP contribution in [0.25, 0.3) is 0 Å². The van der Waals surface area contributed by atoms with Crippen molar-refractivity contribution in [1.29, 1.82) is 0 Å². The Kier molecular flexibility index (Phi) is 4.57. The maximum Gasteiger partial charge on any atom is 0.252 e. The third-order valence-corrected chi connectivity index (χ3v) is 2.72. The molecule has 0 spiro atoms. The molecule has 2 N–H and O–H groups in total. The van der Waals surface area contributed by atoms with Gasteiger partial charge in [-0.25, -0.2) is 0 Å². The van der Waals surface area contributed by atoms with Gasteiger partial charge in [0.2, 0.25) is 0 Å². The fourth-order valence-electron chi connectivity index (χ4n) is 1.02. The van der Waals surface area contributed by atoms with Crippen molar-refractivity contribution in [1.82, 2.24) is 5.32 Å². The van der Waals surface area contributed by atoms with Crippen LogP contribution in [0.3, 0.4) is 0 Å². The Balaban J connectivity index is 2.82. The highest BCUT2D eigenvalue weighted by Gasteiger charge is 2.12. The topological polar surface area (TPSA) is 49.3 Å². The minimum absolute atomic E-state index is 0.0864. The standard InChI is InChI=1S/C10H11BrClNO2/c1-6(5-14)13-10(15)8-3-2-7(12)4-9(8)11/h2-4,6,14H,5H2,1H3,(H,13,15). The summed E-state index contributed by atoms with van der Waals surface area (Å²) < 4.78 is 0.637. The predicted octanol–water partition coefficient (Wildman–Crippen LogP) is 2.21. The molecule has 82 valence electrons. The van der Waals surface area contributed by atoms with E-state index in [-0.39, 0.29) is 18.6 Å². The number of nitrogens with one attached hydrogen (secondary N) is 1. The lowest BCUT2D eigenvalue weighted by Crippen LogP contribution is -2.35. The lowest BCUT2D eigenvalue weighted by atomic mass is 10.2. The van der Waals surface area contributed by atoms with Crippen molar-refractivity contribution in [2.75, 3.05) is 6.61 Å². The average molecular weight is 293 g/mol. The van der Waals surface area contributed by atoms with Crippen LogP contribution >= 0.6 is 27.5 Å². The number of hydrogen-bond donors (Lipinski definition) is 2. The summed E-state index contributed by atoms with van der Waals surface area (Å²) in [4.78, 5) is 11.7. The van der Waals surface area contributed by atoms with Gasteiger partial charge in [-0.3, -0.25) is 4.79 Å². The molecule has 0 bridgehead atoms. The third-order valence-electron chi connectivity index (χ3n) is 1.83. The van der Waals surface area contributed by atoms with E-state index in [1.807, 2.05) is 0 Å². The molecular formula is C10H11BrClNO2. The molecule has 0 aliphatic heterocycles. The van der Waals surface area contributed by atoms with Crippen molar-refractivity contribution in [3.05, 3.63) is 33.3 Å². The number of hydrogen-bond acceptors (Lipinski definition) is 2. The van der Waals surface area contributed by atoms with Crippen LogP contribution in [0.2, 0.25) is 5.02 Å². The monoisotopic (exact) mass is 291 g/mol. The van der Waals surface area contributed by atoms with Crippen LogP contribution in [-0.2, 0) is 0 Å². The molecule has 0 fully saturated rings. The summed E-state index contributed by atoms with van der Waals surface area (Å²) in [5.41, 5.74) is 0.500. The number of aliphatic hydroxyl groups is 1. The zero-order valence-corrected chi connectivity index (χ0v) is 10.5. The molecule has 0 saturated carbocycles. The Labute approximate surface area is 102 Å². The van der Waals surface area contributed by atoms with Gasteiger partial charge in [-0.2, -0.15) is 0 Å². The van der Waals surface area contributed by atoms with Crippen molar-refractivity contribution in [2.24, 2.45) is 0 Å². The Morgan fingerprint density at radius 3 is 2.87 bits per heavy atom. The zero-order valence-electron chi connectivity index (χ0n) is 8.13. The number of carbonyl (C=O) groups is 1. The molecule has 3 nitrogen and oxygen atoms in total. The maximum atomic E-state index is 11.7. The number of halogens is 2. The molecule has 0 aromatic heterocycles. The van der Waals surface area contributed by atoms with Gasteiger partial charge in [0.25, 0.3) is 5.91 Å². The minimum Gasteiger partial charge on any atom is -0.394 e. The van der Waals surface area contributed by atoms with E-state index in [0.717, 1.165) is 0 Å². The molecule has 0 aliphatic rings. The van der Waals surface area contributed by atoms with Crippen LogP contribution in [0.4, 0.5) is 0 Å². The van der Waals surface area contributed by atoms with E-state index in [4.69, 9.17) is 16.7 Å². The van der Waals surface area contributed by atoms with Gasteiger partial charge in [0, 0.05) is 15.5 Å². The lowest BCUT2D eigenvalue weighted by molar-refractivity contribution is 0.0921. The highest BCUT2D eigenvalue weighted by molar-refractivity contribution is 9.10. The van der Waals surface area contributed by atoms with Crippen molar-refractivity contribution < 1.29 is 9.90 Å². The molecule has 1 unspecified atom stereocenters. The molecule has 0 radical (unpaired) electrons. The second-order valence-corrected chi connectivity index (χ2v) is 4.47. The molecule has 1 aromatic rings. The lowest BCUT2D eigenvalue weighted by Gasteiger charge is -2.11. The maximum absolute atomic E-state index is 11.7. The first-order valence-electron chi connectivity index (χ1n) is 4.41. The first-order valence-corrected chi connectivity index (χ1v) is 5.58. The first-order chi connectivity index (χ1) is 7.04. The number of aliphatic hydroxyl groups excluding tert-OH is 1. The Bertz CT molecular complexity index is 370. The van der Waals surface area contributed by atoms with E-state index in [2.05, 4.69) is 21.2 Å². The van der Waals surface area contributed by atoms with Crippen molar-refractivity contribution in [2.45, 2.75) is 13.0 Å². The van der Waals surface area contributed by atoms with Crippen LogP contribution in [0.15, 0.2) is 22.7 Å². The molecule has 1 aromatic carbocycles. The summed E-state index contributed by atoms with van der Waals surface area (Å²) in [6.45, 7) is 1.64. The van der Waals surface area contributed by atoms with Crippen molar-refractivity contribution in [3.63, 3.8) is 0 Å². The van der Waals surface area contributed by atoms with E-state index < -0.39 is 0 Å². The van der Waals surface area contributed by atoms with Gasteiger partial charge >= 0.3 is 0 Å². The van der Waals surface area contributed by atoms with Crippen LogP contribution in [0.1, 0.15) is 17.3 Å². The van der Waals surface area contributed by atoms with Crippen LogP contribution in [0.5, 0.6) is 0 Å². The summed E-state index contributed by atoms with van der Waals surface area (Å²) in [5.74, 6) is -0.236. The van der Waals surface area contributed by atoms with Gasteiger partial charge in [0.1, 0.15) is 0 Å².